The van der Waals surface area contributed by atoms with Gasteiger partial charge in [0.05, 0.1) is 0 Å². The van der Waals surface area contributed by atoms with Crippen LogP contribution >= 0.6 is 0 Å². The molecule has 0 radical (unpaired) electrons. The lowest BCUT2D eigenvalue weighted by Gasteiger charge is -2.08. The molecule has 86 valence electrons. The van der Waals surface area contributed by atoms with E-state index in [4.69, 9.17) is 5.73 Å². The lowest BCUT2D eigenvalue weighted by atomic mass is 10.2. The number of nitrogens with zero attached hydrogens (tertiary/aromatic N) is 1. The SMILES string of the molecule is CCNCc1cc2cc(N)ccc2n1CC. The van der Waals surface area contributed by atoms with E-state index >= 15 is 0 Å². The minimum absolute atomic E-state index is 0.829. The summed E-state index contributed by atoms with van der Waals surface area (Å²) in [4.78, 5) is 0. The first-order valence-corrected chi connectivity index (χ1v) is 5.84. The summed E-state index contributed by atoms with van der Waals surface area (Å²) in [7, 11) is 0. The highest BCUT2D eigenvalue weighted by atomic mass is 15.0. The van der Waals surface area contributed by atoms with Gasteiger partial charge in [-0.15, -0.1) is 0 Å². The number of nitrogens with two attached hydrogens (primary N) is 1. The Kier molecular flexibility index (Phi) is 3.15. The van der Waals surface area contributed by atoms with Crippen LogP contribution in [-0.2, 0) is 13.1 Å². The maximum Gasteiger partial charge on any atom is 0.0484 e. The van der Waals surface area contributed by atoms with Crippen LogP contribution < -0.4 is 11.1 Å². The zero-order chi connectivity index (χ0) is 11.5. The Labute approximate surface area is 96.2 Å². The molecule has 3 nitrogen and oxygen atoms in total. The average Bonchev–Trinajstić information content (AvgIpc) is 2.62. The molecule has 16 heavy (non-hydrogen) atoms. The Morgan fingerprint density at radius 2 is 2.06 bits per heavy atom. The van der Waals surface area contributed by atoms with Gasteiger partial charge < -0.3 is 15.6 Å². The van der Waals surface area contributed by atoms with E-state index in [-0.39, 0.29) is 0 Å². The first kappa shape index (κ1) is 11.0. The maximum absolute atomic E-state index is 5.80. The van der Waals surface area contributed by atoms with Crippen LogP contribution in [0.15, 0.2) is 24.3 Å². The first-order valence-electron chi connectivity index (χ1n) is 5.84. The maximum atomic E-state index is 5.80. The highest BCUT2D eigenvalue weighted by molar-refractivity contribution is 5.84. The van der Waals surface area contributed by atoms with Gasteiger partial charge in [-0.2, -0.15) is 0 Å². The Hall–Kier alpha value is -1.48. The van der Waals surface area contributed by atoms with Crippen molar-refractivity contribution in [2.24, 2.45) is 0 Å². The molecule has 0 bridgehead atoms. The van der Waals surface area contributed by atoms with Crippen molar-refractivity contribution < 1.29 is 0 Å². The van der Waals surface area contributed by atoms with Gasteiger partial charge in [0.1, 0.15) is 0 Å². The van der Waals surface area contributed by atoms with Gasteiger partial charge >= 0.3 is 0 Å². The van der Waals surface area contributed by atoms with Crippen LogP contribution in [0.4, 0.5) is 5.69 Å². The number of hydrogen-bond donors (Lipinski definition) is 2. The van der Waals surface area contributed by atoms with Crippen LogP contribution in [0, 0.1) is 0 Å². The molecule has 3 heteroatoms. The van der Waals surface area contributed by atoms with Crippen molar-refractivity contribution in [3.05, 3.63) is 30.0 Å². The van der Waals surface area contributed by atoms with Gasteiger partial charge in [-0.3, -0.25) is 0 Å². The molecule has 0 aliphatic rings. The highest BCUT2D eigenvalue weighted by Crippen LogP contribution is 2.22. The second-order valence-electron chi connectivity index (χ2n) is 3.98. The molecule has 1 aromatic carbocycles. The summed E-state index contributed by atoms with van der Waals surface area (Å²) in [6.07, 6.45) is 0. The normalized spacial score (nSPS) is 11.1. The third kappa shape index (κ3) is 1.91. The third-order valence-electron chi connectivity index (χ3n) is 2.88. The number of aryl methyl sites for hydroxylation is 1. The standard InChI is InChI=1S/C13H19N3/c1-3-15-9-12-8-10-7-11(14)5-6-13(10)16(12)4-2/h5-8,15H,3-4,9,14H2,1-2H3. The van der Waals surface area contributed by atoms with Gasteiger partial charge in [0.25, 0.3) is 0 Å². The number of hydrogen-bond acceptors (Lipinski definition) is 2. The minimum Gasteiger partial charge on any atom is -0.399 e. The molecular weight excluding hydrogens is 198 g/mol. The number of aromatic nitrogens is 1. The largest absolute Gasteiger partial charge is 0.399 e. The van der Waals surface area contributed by atoms with E-state index in [2.05, 4.69) is 35.9 Å². The van der Waals surface area contributed by atoms with Crippen LogP contribution in [0.5, 0.6) is 0 Å². The van der Waals surface area contributed by atoms with Crippen molar-refractivity contribution in [2.75, 3.05) is 12.3 Å². The van der Waals surface area contributed by atoms with Gasteiger partial charge in [0, 0.05) is 35.4 Å². The summed E-state index contributed by atoms with van der Waals surface area (Å²) in [6, 6.07) is 8.32. The molecule has 2 rings (SSSR count). The second-order valence-corrected chi connectivity index (χ2v) is 3.98. The number of anilines is 1. The second kappa shape index (κ2) is 4.58. The average molecular weight is 217 g/mol. The number of benzene rings is 1. The molecule has 0 spiro atoms. The van der Waals surface area contributed by atoms with E-state index in [1.54, 1.807) is 0 Å². The lowest BCUT2D eigenvalue weighted by Crippen LogP contribution is -2.14. The molecule has 1 aromatic heterocycles. The summed E-state index contributed by atoms with van der Waals surface area (Å²) in [5, 5.41) is 4.59. The molecule has 0 saturated carbocycles. The fourth-order valence-electron chi connectivity index (χ4n) is 2.12. The van der Waals surface area contributed by atoms with Gasteiger partial charge in [-0.1, -0.05) is 6.92 Å². The van der Waals surface area contributed by atoms with Crippen molar-refractivity contribution >= 4 is 16.6 Å². The van der Waals surface area contributed by atoms with Crippen molar-refractivity contribution in [3.8, 4) is 0 Å². The van der Waals surface area contributed by atoms with Gasteiger partial charge in [-0.25, -0.2) is 0 Å². The Bertz CT molecular complexity index is 485. The van der Waals surface area contributed by atoms with E-state index in [9.17, 15) is 0 Å². The van der Waals surface area contributed by atoms with E-state index in [1.165, 1.54) is 16.6 Å². The predicted molar refractivity (Wildman–Crippen MR) is 69.4 cm³/mol. The lowest BCUT2D eigenvalue weighted by molar-refractivity contribution is 0.656. The van der Waals surface area contributed by atoms with E-state index in [1.807, 2.05) is 12.1 Å². The fraction of sp³-hybridized carbons (Fsp3) is 0.385. The molecule has 3 N–H and O–H groups in total. The van der Waals surface area contributed by atoms with E-state index in [0.29, 0.717) is 0 Å². The number of nitrogens with one attached hydrogen (secondary N) is 1. The predicted octanol–water partition coefficient (Wildman–Crippen LogP) is 2.35. The Morgan fingerprint density at radius 1 is 1.25 bits per heavy atom. The monoisotopic (exact) mass is 217 g/mol. The van der Waals surface area contributed by atoms with Gasteiger partial charge in [-0.05, 0) is 37.7 Å². The highest BCUT2D eigenvalue weighted by Gasteiger charge is 2.06. The number of fused-ring (bicyclic) bond motifs is 1. The minimum atomic E-state index is 0.829. The quantitative estimate of drug-likeness (QED) is 0.772. The smallest absolute Gasteiger partial charge is 0.0484 e. The van der Waals surface area contributed by atoms with E-state index < -0.39 is 0 Å². The van der Waals surface area contributed by atoms with Gasteiger partial charge in [0.2, 0.25) is 0 Å². The first-order chi connectivity index (χ1) is 7.76. The molecule has 0 aliphatic heterocycles. The summed E-state index contributed by atoms with van der Waals surface area (Å²) in [6.45, 7) is 7.20. The van der Waals surface area contributed by atoms with Crippen LogP contribution in [0.25, 0.3) is 10.9 Å². The Balaban J connectivity index is 2.48. The molecule has 0 fully saturated rings. The van der Waals surface area contributed by atoms with Crippen LogP contribution in [0.1, 0.15) is 19.5 Å². The summed E-state index contributed by atoms with van der Waals surface area (Å²) < 4.78 is 2.33. The van der Waals surface area contributed by atoms with Crippen molar-refractivity contribution in [2.45, 2.75) is 26.9 Å². The molecule has 0 aliphatic carbocycles. The molecule has 0 unspecified atom stereocenters. The van der Waals surface area contributed by atoms with Gasteiger partial charge in [0.15, 0.2) is 0 Å². The van der Waals surface area contributed by atoms with Crippen molar-refractivity contribution in [3.63, 3.8) is 0 Å². The number of nitrogen functional groups attached to an aromatic ring is 1. The van der Waals surface area contributed by atoms with E-state index in [0.717, 1.165) is 25.3 Å². The Morgan fingerprint density at radius 3 is 2.75 bits per heavy atom. The molecular formula is C13H19N3. The number of rotatable bonds is 4. The van der Waals surface area contributed by atoms with Crippen LogP contribution in [-0.4, -0.2) is 11.1 Å². The zero-order valence-corrected chi connectivity index (χ0v) is 9.96. The molecule has 0 amide bonds. The van der Waals surface area contributed by atoms with Crippen LogP contribution in [0.3, 0.4) is 0 Å². The van der Waals surface area contributed by atoms with Crippen molar-refractivity contribution in [1.29, 1.82) is 0 Å². The summed E-state index contributed by atoms with van der Waals surface area (Å²) >= 11 is 0. The summed E-state index contributed by atoms with van der Waals surface area (Å²) in [5.41, 5.74) is 9.22. The zero-order valence-electron chi connectivity index (χ0n) is 9.96. The molecule has 1 heterocycles. The third-order valence-corrected chi connectivity index (χ3v) is 2.88. The van der Waals surface area contributed by atoms with Crippen LogP contribution in [0.2, 0.25) is 0 Å². The summed E-state index contributed by atoms with van der Waals surface area (Å²) in [5.74, 6) is 0. The topological polar surface area (TPSA) is 43.0 Å². The van der Waals surface area contributed by atoms with Crippen molar-refractivity contribution in [1.82, 2.24) is 9.88 Å². The molecule has 2 aromatic rings. The molecule has 0 atom stereocenters. The molecule has 0 saturated heterocycles. The fourth-order valence-corrected chi connectivity index (χ4v) is 2.12.